The molecular weight excluding hydrogens is 412 g/mol. The van der Waals surface area contributed by atoms with Crippen LogP contribution in [0.5, 0.6) is 0 Å². The molecule has 170 valence electrons. The summed E-state index contributed by atoms with van der Waals surface area (Å²) in [5, 5.41) is 9.41. The van der Waals surface area contributed by atoms with E-state index >= 15 is 0 Å². The van der Waals surface area contributed by atoms with Crippen molar-refractivity contribution in [1.82, 2.24) is 9.55 Å². The van der Waals surface area contributed by atoms with Crippen LogP contribution < -0.4 is 5.73 Å². The van der Waals surface area contributed by atoms with Gasteiger partial charge in [0, 0.05) is 6.42 Å². The van der Waals surface area contributed by atoms with E-state index in [1.54, 1.807) is 10.9 Å². The molecule has 0 aromatic carbocycles. The smallest absolute Gasteiger partial charge is 0.192 e. The van der Waals surface area contributed by atoms with Crippen LogP contribution in [-0.4, -0.2) is 45.0 Å². The van der Waals surface area contributed by atoms with Gasteiger partial charge in [-0.15, -0.1) is 0 Å². The van der Waals surface area contributed by atoms with E-state index in [0.29, 0.717) is 18.8 Å². The molecule has 0 saturated carbocycles. The zero-order valence-electron chi connectivity index (χ0n) is 20.4. The summed E-state index contributed by atoms with van der Waals surface area (Å²) in [5.74, 6) is 0.333. The summed E-state index contributed by atoms with van der Waals surface area (Å²) in [7, 11) is -3.92. The average Bonchev–Trinajstić information content (AvgIpc) is 3.13. The van der Waals surface area contributed by atoms with Gasteiger partial charge in [0.15, 0.2) is 22.3 Å². The van der Waals surface area contributed by atoms with Gasteiger partial charge < -0.3 is 19.3 Å². The minimum absolute atomic E-state index is 0.0898. The van der Waals surface area contributed by atoms with E-state index in [1.165, 1.54) is 0 Å². The summed E-state index contributed by atoms with van der Waals surface area (Å²) < 4.78 is 21.4. The lowest BCUT2D eigenvalue weighted by atomic mass is 10.2. The van der Waals surface area contributed by atoms with Crippen LogP contribution in [0.3, 0.4) is 0 Å². The second-order valence-electron chi connectivity index (χ2n) is 11.4. The van der Waals surface area contributed by atoms with Gasteiger partial charge in [-0.1, -0.05) is 41.5 Å². The molecule has 0 amide bonds. The molecule has 1 aliphatic rings. The molecule has 0 bridgehead atoms. The maximum absolute atomic E-state index is 9.19. The highest BCUT2D eigenvalue weighted by Gasteiger charge is 2.46. The molecule has 2 N–H and O–H groups in total. The van der Waals surface area contributed by atoms with Gasteiger partial charge in [-0.05, 0) is 36.3 Å². The van der Waals surface area contributed by atoms with Crippen LogP contribution in [0, 0.1) is 11.3 Å². The lowest BCUT2D eigenvalue weighted by molar-refractivity contribution is -0.0388. The molecule has 9 heteroatoms. The number of nitrogen functional groups attached to an aromatic ring is 1. The highest BCUT2D eigenvalue weighted by molar-refractivity contribution is 6.74. The van der Waals surface area contributed by atoms with E-state index in [1.807, 2.05) is 6.07 Å². The van der Waals surface area contributed by atoms with Crippen LogP contribution in [0.2, 0.25) is 36.3 Å². The molecule has 0 unspecified atom stereocenters. The van der Waals surface area contributed by atoms with Crippen molar-refractivity contribution in [2.45, 2.75) is 103 Å². The van der Waals surface area contributed by atoms with Gasteiger partial charge in [-0.2, -0.15) is 5.26 Å². The Hall–Kier alpha value is -1.19. The summed E-state index contributed by atoms with van der Waals surface area (Å²) in [6.07, 6.45) is 1.64. The SMILES string of the molecule is CC(C)(C)[Si](C)(C)OC[C@H]1O[C@@H](n2cnc(C#N)c2N)C[C@@H]1O[Si](C)(C)C(C)(C)C. The van der Waals surface area contributed by atoms with Gasteiger partial charge in [-0.3, -0.25) is 4.57 Å². The maximum atomic E-state index is 9.19. The molecule has 0 aliphatic carbocycles. The van der Waals surface area contributed by atoms with Gasteiger partial charge in [-0.25, -0.2) is 4.98 Å². The lowest BCUT2D eigenvalue weighted by Crippen LogP contribution is -2.48. The van der Waals surface area contributed by atoms with Crippen molar-refractivity contribution >= 4 is 22.5 Å². The molecule has 3 atom stereocenters. The predicted molar refractivity (Wildman–Crippen MR) is 125 cm³/mol. The van der Waals surface area contributed by atoms with Crippen LogP contribution in [0.1, 0.15) is 59.9 Å². The molecule has 2 rings (SSSR count). The van der Waals surface area contributed by atoms with Crippen molar-refractivity contribution in [3.63, 3.8) is 0 Å². The zero-order chi connectivity index (χ0) is 23.1. The van der Waals surface area contributed by atoms with E-state index in [2.05, 4.69) is 72.7 Å². The molecule has 1 aliphatic heterocycles. The standard InChI is InChI=1S/C21H40N4O3Si2/c1-20(2,3)29(7,8)26-13-17-16(28-30(9,10)21(4,5)6)11-18(27-17)25-14-24-15(12-22)19(25)23/h14,16-18H,11,13,23H2,1-10H3/t16-,17+,18+/m0/s1. The van der Waals surface area contributed by atoms with Crippen LogP contribution in [0.15, 0.2) is 6.33 Å². The number of aromatic nitrogens is 2. The highest BCUT2D eigenvalue weighted by Crippen LogP contribution is 2.42. The maximum Gasteiger partial charge on any atom is 0.192 e. The minimum atomic E-state index is -2.00. The first-order valence-electron chi connectivity index (χ1n) is 10.7. The molecule has 1 aromatic rings. The largest absolute Gasteiger partial charge is 0.414 e. The van der Waals surface area contributed by atoms with Crippen molar-refractivity contribution in [2.24, 2.45) is 0 Å². The molecule has 2 heterocycles. The fourth-order valence-corrected chi connectivity index (χ4v) is 5.27. The Morgan fingerprint density at radius 1 is 1.17 bits per heavy atom. The van der Waals surface area contributed by atoms with Crippen molar-refractivity contribution in [3.8, 4) is 6.07 Å². The molecule has 1 aromatic heterocycles. The first-order chi connectivity index (χ1) is 13.5. The van der Waals surface area contributed by atoms with E-state index < -0.39 is 16.6 Å². The van der Waals surface area contributed by atoms with E-state index in [9.17, 15) is 5.26 Å². The number of nitrogens with zero attached hydrogens (tertiary/aromatic N) is 3. The van der Waals surface area contributed by atoms with Gasteiger partial charge in [0.05, 0.1) is 12.7 Å². The average molecular weight is 453 g/mol. The van der Waals surface area contributed by atoms with Crippen LogP contribution in [-0.2, 0) is 13.6 Å². The topological polar surface area (TPSA) is 95.3 Å². The summed E-state index contributed by atoms with van der Waals surface area (Å²) in [6.45, 7) is 22.9. The number of rotatable bonds is 6. The second-order valence-corrected chi connectivity index (χ2v) is 20.9. The first kappa shape index (κ1) is 25.1. The third-order valence-corrected chi connectivity index (χ3v) is 16.1. The van der Waals surface area contributed by atoms with E-state index in [0.717, 1.165) is 0 Å². The number of nitriles is 1. The van der Waals surface area contributed by atoms with Crippen LogP contribution in [0.25, 0.3) is 0 Å². The third-order valence-electron chi connectivity index (χ3n) is 7.10. The number of imidazole rings is 1. The second kappa shape index (κ2) is 8.39. The quantitative estimate of drug-likeness (QED) is 0.608. The van der Waals surface area contributed by atoms with Crippen molar-refractivity contribution in [3.05, 3.63) is 12.0 Å². The Kier molecular flexibility index (Phi) is 7.02. The number of hydrogen-bond acceptors (Lipinski definition) is 6. The van der Waals surface area contributed by atoms with Gasteiger partial charge >= 0.3 is 0 Å². The summed E-state index contributed by atoms with van der Waals surface area (Å²) in [5.41, 5.74) is 6.35. The summed E-state index contributed by atoms with van der Waals surface area (Å²) in [4.78, 5) is 4.10. The minimum Gasteiger partial charge on any atom is -0.414 e. The fraction of sp³-hybridized carbons (Fsp3) is 0.810. The number of ether oxygens (including phenoxy) is 1. The fourth-order valence-electron chi connectivity index (χ4n) is 2.89. The van der Waals surface area contributed by atoms with Gasteiger partial charge in [0.1, 0.15) is 30.5 Å². The van der Waals surface area contributed by atoms with Crippen molar-refractivity contribution in [2.75, 3.05) is 12.3 Å². The molecule has 1 fully saturated rings. The summed E-state index contributed by atoms with van der Waals surface area (Å²) in [6, 6.07) is 2.03. The Morgan fingerprint density at radius 2 is 1.73 bits per heavy atom. The Bertz CT molecular complexity index is 788. The number of anilines is 1. The van der Waals surface area contributed by atoms with Crippen LogP contribution in [0.4, 0.5) is 5.82 Å². The van der Waals surface area contributed by atoms with Crippen molar-refractivity contribution in [1.29, 1.82) is 5.26 Å². The summed E-state index contributed by atoms with van der Waals surface area (Å²) >= 11 is 0. The lowest BCUT2D eigenvalue weighted by Gasteiger charge is -2.40. The molecule has 0 spiro atoms. The third kappa shape index (κ3) is 5.17. The number of hydrogen-bond donors (Lipinski definition) is 1. The first-order valence-corrected chi connectivity index (χ1v) is 16.5. The van der Waals surface area contributed by atoms with Crippen LogP contribution >= 0.6 is 0 Å². The Morgan fingerprint density at radius 3 is 2.20 bits per heavy atom. The normalized spacial score (nSPS) is 23.6. The van der Waals surface area contributed by atoms with Crippen molar-refractivity contribution < 1.29 is 13.6 Å². The molecule has 7 nitrogen and oxygen atoms in total. The molecule has 1 saturated heterocycles. The van der Waals surface area contributed by atoms with E-state index in [-0.39, 0.29) is 34.2 Å². The predicted octanol–water partition coefficient (Wildman–Crippen LogP) is 5.04. The molecule has 0 radical (unpaired) electrons. The molecular formula is C21H40N4O3Si2. The van der Waals surface area contributed by atoms with Gasteiger partial charge in [0.2, 0.25) is 0 Å². The molecule has 30 heavy (non-hydrogen) atoms. The Balaban J connectivity index is 2.26. The number of nitrogens with two attached hydrogens (primary N) is 1. The highest BCUT2D eigenvalue weighted by atomic mass is 28.4. The zero-order valence-corrected chi connectivity index (χ0v) is 22.4. The van der Waals surface area contributed by atoms with Gasteiger partial charge in [0.25, 0.3) is 0 Å². The monoisotopic (exact) mass is 452 g/mol. The Labute approximate surface area is 184 Å². The van der Waals surface area contributed by atoms with E-state index in [4.69, 9.17) is 19.3 Å².